The quantitative estimate of drug-likeness (QED) is 0.821. The van der Waals surface area contributed by atoms with E-state index in [9.17, 15) is 8.42 Å². The van der Waals surface area contributed by atoms with Gasteiger partial charge in [0.15, 0.2) is 0 Å². The van der Waals surface area contributed by atoms with Crippen molar-refractivity contribution in [2.24, 2.45) is 0 Å². The Balaban J connectivity index is 3.22. The monoisotopic (exact) mass is 298 g/mol. The van der Waals surface area contributed by atoms with Crippen LogP contribution in [0.15, 0.2) is 16.6 Å². The molecule has 3 N–H and O–H groups in total. The maximum Gasteiger partial charge on any atom is 0.229 e. The topological polar surface area (TPSA) is 72.2 Å². The first-order valence-corrected chi connectivity index (χ1v) is 6.58. The highest BCUT2D eigenvalue weighted by Crippen LogP contribution is 2.32. The minimum Gasteiger partial charge on any atom is -0.397 e. The van der Waals surface area contributed by atoms with Crippen LogP contribution in [0.25, 0.3) is 0 Å². The van der Waals surface area contributed by atoms with E-state index in [2.05, 4.69) is 20.7 Å². The van der Waals surface area contributed by atoms with Crippen LogP contribution >= 0.6 is 27.5 Å². The molecule has 0 atom stereocenters. The lowest BCUT2D eigenvalue weighted by Crippen LogP contribution is -2.11. The number of sulfonamides is 1. The summed E-state index contributed by atoms with van der Waals surface area (Å²) in [5, 5.41) is 0.252. The average molecular weight is 300 g/mol. The van der Waals surface area contributed by atoms with Gasteiger partial charge in [0.1, 0.15) is 0 Å². The zero-order valence-electron chi connectivity index (χ0n) is 7.21. The van der Waals surface area contributed by atoms with Crippen molar-refractivity contribution in [3.05, 3.63) is 21.6 Å². The molecule has 14 heavy (non-hydrogen) atoms. The number of rotatable bonds is 2. The Morgan fingerprint density at radius 1 is 1.50 bits per heavy atom. The molecule has 0 aliphatic carbocycles. The van der Waals surface area contributed by atoms with Gasteiger partial charge in [-0.15, -0.1) is 0 Å². The summed E-state index contributed by atoms with van der Waals surface area (Å²) in [6.07, 6.45) is 1.03. The zero-order valence-corrected chi connectivity index (χ0v) is 10.4. The van der Waals surface area contributed by atoms with E-state index in [0.29, 0.717) is 4.47 Å². The van der Waals surface area contributed by atoms with E-state index < -0.39 is 10.0 Å². The van der Waals surface area contributed by atoms with Crippen LogP contribution < -0.4 is 10.5 Å². The first kappa shape index (κ1) is 11.6. The van der Waals surface area contributed by atoms with Gasteiger partial charge in [-0.05, 0) is 12.1 Å². The number of hydrogen-bond acceptors (Lipinski definition) is 3. The number of anilines is 2. The molecule has 0 aliphatic heterocycles. The van der Waals surface area contributed by atoms with Crippen molar-refractivity contribution in [3.8, 4) is 0 Å². The van der Waals surface area contributed by atoms with Crippen LogP contribution in [0, 0.1) is 0 Å². The van der Waals surface area contributed by atoms with Gasteiger partial charge in [-0.3, -0.25) is 4.72 Å². The van der Waals surface area contributed by atoms with Gasteiger partial charge in [0.25, 0.3) is 0 Å². The van der Waals surface area contributed by atoms with Crippen molar-refractivity contribution in [3.63, 3.8) is 0 Å². The predicted octanol–water partition coefficient (Wildman–Crippen LogP) is 2.06. The summed E-state index contributed by atoms with van der Waals surface area (Å²) in [6.45, 7) is 0. The minimum atomic E-state index is -3.36. The van der Waals surface area contributed by atoms with Crippen molar-refractivity contribution in [2.45, 2.75) is 0 Å². The second kappa shape index (κ2) is 3.96. The van der Waals surface area contributed by atoms with Crippen LogP contribution in [-0.4, -0.2) is 14.7 Å². The minimum absolute atomic E-state index is 0.206. The zero-order chi connectivity index (χ0) is 10.9. The molecule has 0 unspecified atom stereocenters. The SMILES string of the molecule is CS(=O)(=O)Nc1c(N)cc(Br)cc1Cl. The molecule has 1 aromatic carbocycles. The van der Waals surface area contributed by atoms with E-state index >= 15 is 0 Å². The van der Waals surface area contributed by atoms with Gasteiger partial charge in [-0.2, -0.15) is 0 Å². The van der Waals surface area contributed by atoms with Crippen molar-refractivity contribution in [1.82, 2.24) is 0 Å². The van der Waals surface area contributed by atoms with E-state index in [-0.39, 0.29) is 16.4 Å². The molecule has 0 aliphatic rings. The third-order valence-electron chi connectivity index (χ3n) is 1.37. The van der Waals surface area contributed by atoms with E-state index in [1.807, 2.05) is 0 Å². The first-order chi connectivity index (χ1) is 6.29. The number of benzene rings is 1. The predicted molar refractivity (Wildman–Crippen MR) is 62.0 cm³/mol. The molecular weight excluding hydrogens is 292 g/mol. The van der Waals surface area contributed by atoms with E-state index in [1.54, 1.807) is 12.1 Å². The molecule has 0 fully saturated rings. The number of nitrogen functional groups attached to an aromatic ring is 1. The summed E-state index contributed by atoms with van der Waals surface area (Å²) in [5.74, 6) is 0. The Bertz CT molecular complexity index is 438. The maximum absolute atomic E-state index is 11.0. The number of nitrogens with one attached hydrogen (secondary N) is 1. The molecular formula is C7H8BrClN2O2S. The van der Waals surface area contributed by atoms with E-state index in [0.717, 1.165) is 6.26 Å². The molecule has 7 heteroatoms. The standard InChI is InChI=1S/C7H8BrClN2O2S/c1-14(12,13)11-7-5(9)2-4(8)3-6(7)10/h2-3,11H,10H2,1H3. The van der Waals surface area contributed by atoms with Gasteiger partial charge in [0.2, 0.25) is 10.0 Å². The van der Waals surface area contributed by atoms with Crippen LogP contribution in [-0.2, 0) is 10.0 Å². The molecule has 4 nitrogen and oxygen atoms in total. The van der Waals surface area contributed by atoms with Crippen LogP contribution in [0.3, 0.4) is 0 Å². The van der Waals surface area contributed by atoms with Crippen molar-refractivity contribution in [2.75, 3.05) is 16.7 Å². The molecule has 0 saturated carbocycles. The van der Waals surface area contributed by atoms with Gasteiger partial charge < -0.3 is 5.73 Å². The van der Waals surface area contributed by atoms with Gasteiger partial charge in [0, 0.05) is 4.47 Å². The van der Waals surface area contributed by atoms with Gasteiger partial charge in [-0.25, -0.2) is 8.42 Å². The molecule has 0 amide bonds. The molecule has 0 radical (unpaired) electrons. The van der Waals surface area contributed by atoms with Gasteiger partial charge in [-0.1, -0.05) is 27.5 Å². The Kier molecular flexibility index (Phi) is 3.28. The fraction of sp³-hybridized carbons (Fsp3) is 0.143. The number of hydrogen-bond donors (Lipinski definition) is 2. The lowest BCUT2D eigenvalue weighted by Gasteiger charge is -2.09. The summed E-state index contributed by atoms with van der Waals surface area (Å²) in [6, 6.07) is 3.13. The fourth-order valence-corrected chi connectivity index (χ4v) is 2.42. The summed E-state index contributed by atoms with van der Waals surface area (Å²) in [5.41, 5.74) is 6.07. The molecule has 0 bridgehead atoms. The summed E-state index contributed by atoms with van der Waals surface area (Å²) >= 11 is 8.99. The van der Waals surface area contributed by atoms with Crippen LogP contribution in [0.1, 0.15) is 0 Å². The molecule has 1 rings (SSSR count). The first-order valence-electron chi connectivity index (χ1n) is 3.52. The number of halogens is 2. The van der Waals surface area contributed by atoms with Gasteiger partial charge >= 0.3 is 0 Å². The Morgan fingerprint density at radius 2 is 2.07 bits per heavy atom. The summed E-state index contributed by atoms with van der Waals surface area (Å²) < 4.78 is 24.8. The highest BCUT2D eigenvalue weighted by Gasteiger charge is 2.10. The second-order valence-corrected chi connectivity index (χ2v) is 5.80. The molecule has 78 valence electrons. The lowest BCUT2D eigenvalue weighted by molar-refractivity contribution is 0.607. The molecule has 0 heterocycles. The number of nitrogens with two attached hydrogens (primary N) is 1. The third kappa shape index (κ3) is 3.04. The van der Waals surface area contributed by atoms with Crippen LogP contribution in [0.4, 0.5) is 11.4 Å². The van der Waals surface area contributed by atoms with Crippen molar-refractivity contribution in [1.29, 1.82) is 0 Å². The molecule has 0 aromatic heterocycles. The molecule has 0 saturated heterocycles. The average Bonchev–Trinajstić information content (AvgIpc) is 1.95. The Morgan fingerprint density at radius 3 is 2.50 bits per heavy atom. The largest absolute Gasteiger partial charge is 0.397 e. The molecule has 0 spiro atoms. The van der Waals surface area contributed by atoms with Crippen LogP contribution in [0.5, 0.6) is 0 Å². The maximum atomic E-state index is 11.0. The van der Waals surface area contributed by atoms with E-state index in [1.165, 1.54) is 0 Å². The second-order valence-electron chi connectivity index (χ2n) is 2.73. The smallest absolute Gasteiger partial charge is 0.229 e. The van der Waals surface area contributed by atoms with Crippen LogP contribution in [0.2, 0.25) is 5.02 Å². The summed E-state index contributed by atoms with van der Waals surface area (Å²) in [7, 11) is -3.36. The third-order valence-corrected chi connectivity index (χ3v) is 2.70. The van der Waals surface area contributed by atoms with Gasteiger partial charge in [0.05, 0.1) is 22.7 Å². The Labute approximate surface area is 95.6 Å². The Hall–Kier alpha value is -0.460. The summed E-state index contributed by atoms with van der Waals surface area (Å²) in [4.78, 5) is 0. The fourth-order valence-electron chi connectivity index (χ4n) is 0.887. The van der Waals surface area contributed by atoms with Crippen molar-refractivity contribution < 1.29 is 8.42 Å². The van der Waals surface area contributed by atoms with Crippen molar-refractivity contribution >= 4 is 48.9 Å². The lowest BCUT2D eigenvalue weighted by atomic mass is 10.3. The normalized spacial score (nSPS) is 11.4. The van der Waals surface area contributed by atoms with E-state index in [4.69, 9.17) is 17.3 Å². The molecule has 1 aromatic rings. The highest BCUT2D eigenvalue weighted by atomic mass is 79.9. The highest BCUT2D eigenvalue weighted by molar-refractivity contribution is 9.10.